The maximum Gasteiger partial charge on any atom is 0.265 e. The number of hydrogen-bond acceptors (Lipinski definition) is 6. The van der Waals surface area contributed by atoms with Gasteiger partial charge in [0, 0.05) is 13.2 Å². The number of nitrogen functional groups attached to an aromatic ring is 1. The standard InChI is InChI=1S/C12H20N4O2S/c1-3-14-12-16-10(13)9(19-12)11(17)15-7(2)8-5-4-6-18-8/h7-8H,3-6,13H2,1-2H3,(H,14,16)(H,15,17). The summed E-state index contributed by atoms with van der Waals surface area (Å²) >= 11 is 1.28. The summed E-state index contributed by atoms with van der Waals surface area (Å²) in [5.41, 5.74) is 5.77. The van der Waals surface area contributed by atoms with E-state index in [2.05, 4.69) is 15.6 Å². The number of amides is 1. The minimum Gasteiger partial charge on any atom is -0.382 e. The van der Waals surface area contributed by atoms with Gasteiger partial charge in [0.2, 0.25) is 0 Å². The smallest absolute Gasteiger partial charge is 0.265 e. The van der Waals surface area contributed by atoms with E-state index in [-0.39, 0.29) is 23.9 Å². The van der Waals surface area contributed by atoms with Gasteiger partial charge in [0.05, 0.1) is 12.1 Å². The molecule has 1 aliphatic rings. The Labute approximate surface area is 116 Å². The van der Waals surface area contributed by atoms with Crippen molar-refractivity contribution >= 4 is 28.2 Å². The molecule has 1 aliphatic heterocycles. The van der Waals surface area contributed by atoms with Crippen LogP contribution in [-0.2, 0) is 4.74 Å². The third-order valence-electron chi connectivity index (χ3n) is 3.07. The predicted molar refractivity (Wildman–Crippen MR) is 76.6 cm³/mol. The van der Waals surface area contributed by atoms with Crippen LogP contribution in [0.15, 0.2) is 0 Å². The minimum absolute atomic E-state index is 0.0147. The summed E-state index contributed by atoms with van der Waals surface area (Å²) in [4.78, 5) is 16.7. The van der Waals surface area contributed by atoms with Gasteiger partial charge in [0.15, 0.2) is 5.13 Å². The molecule has 0 bridgehead atoms. The molecule has 1 fully saturated rings. The first-order chi connectivity index (χ1) is 9.11. The number of aromatic nitrogens is 1. The average Bonchev–Trinajstić information content (AvgIpc) is 2.99. The molecule has 19 heavy (non-hydrogen) atoms. The van der Waals surface area contributed by atoms with Crippen molar-refractivity contribution in [2.75, 3.05) is 24.2 Å². The van der Waals surface area contributed by atoms with E-state index >= 15 is 0 Å². The van der Waals surface area contributed by atoms with Gasteiger partial charge in [-0.05, 0) is 26.7 Å². The van der Waals surface area contributed by atoms with Gasteiger partial charge in [-0.2, -0.15) is 0 Å². The van der Waals surface area contributed by atoms with Crippen molar-refractivity contribution in [2.24, 2.45) is 0 Å². The lowest BCUT2D eigenvalue weighted by molar-refractivity contribution is 0.0715. The molecule has 1 aromatic rings. The average molecular weight is 284 g/mol. The van der Waals surface area contributed by atoms with E-state index in [0.717, 1.165) is 26.0 Å². The quantitative estimate of drug-likeness (QED) is 0.761. The molecule has 1 amide bonds. The molecule has 0 spiro atoms. The van der Waals surface area contributed by atoms with Crippen molar-refractivity contribution in [2.45, 2.75) is 38.8 Å². The van der Waals surface area contributed by atoms with E-state index in [1.54, 1.807) is 0 Å². The molecule has 106 valence electrons. The number of thiazole rings is 1. The maximum absolute atomic E-state index is 12.1. The Morgan fingerprint density at radius 3 is 3.11 bits per heavy atom. The molecule has 2 rings (SSSR count). The van der Waals surface area contributed by atoms with Crippen LogP contribution in [0, 0.1) is 0 Å². The highest BCUT2D eigenvalue weighted by atomic mass is 32.1. The molecule has 4 N–H and O–H groups in total. The lowest BCUT2D eigenvalue weighted by Crippen LogP contribution is -2.40. The van der Waals surface area contributed by atoms with Crippen LogP contribution < -0.4 is 16.4 Å². The maximum atomic E-state index is 12.1. The third kappa shape index (κ3) is 3.36. The fourth-order valence-corrected chi connectivity index (χ4v) is 2.94. The SMILES string of the molecule is CCNc1nc(N)c(C(=O)NC(C)C2CCCO2)s1. The molecule has 1 aromatic heterocycles. The molecular weight excluding hydrogens is 264 g/mol. The molecule has 2 unspecified atom stereocenters. The summed E-state index contributed by atoms with van der Waals surface area (Å²) in [5.74, 6) is 0.0974. The minimum atomic E-state index is -0.179. The highest BCUT2D eigenvalue weighted by molar-refractivity contribution is 7.18. The van der Waals surface area contributed by atoms with E-state index in [4.69, 9.17) is 10.5 Å². The van der Waals surface area contributed by atoms with Crippen LogP contribution in [0.3, 0.4) is 0 Å². The molecule has 0 saturated carbocycles. The summed E-state index contributed by atoms with van der Waals surface area (Å²) < 4.78 is 5.55. The highest BCUT2D eigenvalue weighted by Gasteiger charge is 2.25. The van der Waals surface area contributed by atoms with Gasteiger partial charge in [-0.25, -0.2) is 4.98 Å². The largest absolute Gasteiger partial charge is 0.382 e. The summed E-state index contributed by atoms with van der Waals surface area (Å²) in [6, 6.07) is -0.0147. The van der Waals surface area contributed by atoms with Crippen molar-refractivity contribution in [3.8, 4) is 0 Å². The van der Waals surface area contributed by atoms with Crippen molar-refractivity contribution in [1.82, 2.24) is 10.3 Å². The summed E-state index contributed by atoms with van der Waals surface area (Å²) in [6.07, 6.45) is 2.15. The second kappa shape index (κ2) is 6.21. The monoisotopic (exact) mass is 284 g/mol. The van der Waals surface area contributed by atoms with Crippen molar-refractivity contribution in [3.63, 3.8) is 0 Å². The molecule has 2 atom stereocenters. The summed E-state index contributed by atoms with van der Waals surface area (Å²) in [6.45, 7) is 5.45. The number of nitrogens with one attached hydrogen (secondary N) is 2. The van der Waals surface area contributed by atoms with Crippen LogP contribution in [-0.4, -0.2) is 36.2 Å². The van der Waals surface area contributed by atoms with Gasteiger partial charge in [0.25, 0.3) is 5.91 Å². The Hall–Kier alpha value is -1.34. The first kappa shape index (κ1) is 14.1. The number of carbonyl (C=O) groups is 1. The van der Waals surface area contributed by atoms with Gasteiger partial charge < -0.3 is 21.1 Å². The normalized spacial score (nSPS) is 20.2. The fraction of sp³-hybridized carbons (Fsp3) is 0.667. The number of carbonyl (C=O) groups excluding carboxylic acids is 1. The molecular formula is C12H20N4O2S. The van der Waals surface area contributed by atoms with Gasteiger partial charge in [-0.15, -0.1) is 0 Å². The predicted octanol–water partition coefficient (Wildman–Crippen LogP) is 1.45. The van der Waals surface area contributed by atoms with E-state index in [0.29, 0.717) is 10.0 Å². The molecule has 7 heteroatoms. The number of hydrogen-bond donors (Lipinski definition) is 3. The van der Waals surface area contributed by atoms with Crippen molar-refractivity contribution in [3.05, 3.63) is 4.88 Å². The van der Waals surface area contributed by atoms with Gasteiger partial charge in [0.1, 0.15) is 10.7 Å². The van der Waals surface area contributed by atoms with Gasteiger partial charge in [-0.3, -0.25) is 4.79 Å². The summed E-state index contributed by atoms with van der Waals surface area (Å²) in [7, 11) is 0. The molecule has 0 aliphatic carbocycles. The van der Waals surface area contributed by atoms with Crippen LogP contribution in [0.4, 0.5) is 10.9 Å². The Balaban J connectivity index is 1.98. The van der Waals surface area contributed by atoms with Crippen molar-refractivity contribution < 1.29 is 9.53 Å². The van der Waals surface area contributed by atoms with Crippen LogP contribution in [0.2, 0.25) is 0 Å². The zero-order valence-corrected chi connectivity index (χ0v) is 12.0. The van der Waals surface area contributed by atoms with Crippen LogP contribution >= 0.6 is 11.3 Å². The molecule has 0 aromatic carbocycles. The molecule has 1 saturated heterocycles. The first-order valence-corrected chi connectivity index (χ1v) is 7.36. The lowest BCUT2D eigenvalue weighted by Gasteiger charge is -2.19. The third-order valence-corrected chi connectivity index (χ3v) is 4.10. The lowest BCUT2D eigenvalue weighted by atomic mass is 10.1. The van der Waals surface area contributed by atoms with Gasteiger partial charge in [-0.1, -0.05) is 11.3 Å². The molecule has 2 heterocycles. The van der Waals surface area contributed by atoms with E-state index < -0.39 is 0 Å². The van der Waals surface area contributed by atoms with Crippen LogP contribution in [0.1, 0.15) is 36.4 Å². The fourth-order valence-electron chi connectivity index (χ4n) is 2.08. The Morgan fingerprint density at radius 1 is 1.68 bits per heavy atom. The summed E-state index contributed by atoms with van der Waals surface area (Å²) in [5, 5.41) is 6.66. The van der Waals surface area contributed by atoms with E-state index in [1.165, 1.54) is 11.3 Å². The number of nitrogens with zero attached hydrogens (tertiary/aromatic N) is 1. The van der Waals surface area contributed by atoms with E-state index in [1.807, 2.05) is 13.8 Å². The second-order valence-corrected chi connectivity index (χ2v) is 5.58. The zero-order chi connectivity index (χ0) is 13.8. The topological polar surface area (TPSA) is 89.3 Å². The van der Waals surface area contributed by atoms with Gasteiger partial charge >= 0.3 is 0 Å². The number of ether oxygens (including phenoxy) is 1. The number of rotatable bonds is 5. The number of nitrogens with two attached hydrogens (primary N) is 1. The van der Waals surface area contributed by atoms with E-state index in [9.17, 15) is 4.79 Å². The molecule has 6 nitrogen and oxygen atoms in total. The Bertz CT molecular complexity index is 443. The Kier molecular flexibility index (Phi) is 4.60. The van der Waals surface area contributed by atoms with Crippen LogP contribution in [0.25, 0.3) is 0 Å². The zero-order valence-electron chi connectivity index (χ0n) is 11.2. The first-order valence-electron chi connectivity index (χ1n) is 6.54. The number of anilines is 2. The molecule has 0 radical (unpaired) electrons. The second-order valence-electron chi connectivity index (χ2n) is 4.58. The Morgan fingerprint density at radius 2 is 2.47 bits per heavy atom. The highest BCUT2D eigenvalue weighted by Crippen LogP contribution is 2.25. The van der Waals surface area contributed by atoms with Crippen LogP contribution in [0.5, 0.6) is 0 Å². The van der Waals surface area contributed by atoms with Crippen molar-refractivity contribution in [1.29, 1.82) is 0 Å².